The minimum Gasteiger partial charge on any atom is -0.363 e. The highest BCUT2D eigenvalue weighted by Crippen LogP contribution is 2.42. The molecule has 0 saturated heterocycles. The summed E-state index contributed by atoms with van der Waals surface area (Å²) in [5.41, 5.74) is 1.40. The number of thiol groups is 1. The fourth-order valence-electron chi connectivity index (χ4n) is 1.35. The molecule has 1 aliphatic rings. The van der Waals surface area contributed by atoms with E-state index in [0.29, 0.717) is 0 Å². The van der Waals surface area contributed by atoms with Gasteiger partial charge >= 0.3 is 0 Å². The first kappa shape index (κ1) is 12.1. The third kappa shape index (κ3) is 2.74. The fourth-order valence-corrected chi connectivity index (χ4v) is 2.66. The van der Waals surface area contributed by atoms with E-state index in [2.05, 4.69) is 58.0 Å². The second kappa shape index (κ2) is 3.86. The number of allylic oxidation sites excluding steroid dienone is 1. The van der Waals surface area contributed by atoms with Crippen LogP contribution < -0.4 is 5.32 Å². The molecule has 0 radical (unpaired) electrons. The molecule has 1 nitrogen and oxygen atoms in total. The van der Waals surface area contributed by atoms with Gasteiger partial charge in [0.1, 0.15) is 0 Å². The van der Waals surface area contributed by atoms with Crippen molar-refractivity contribution in [3.05, 3.63) is 22.2 Å². The Bertz CT molecular complexity index is 249. The van der Waals surface area contributed by atoms with Crippen molar-refractivity contribution in [1.29, 1.82) is 0 Å². The molecule has 3 heteroatoms. The molecule has 0 aliphatic carbocycles. The summed E-state index contributed by atoms with van der Waals surface area (Å²) >= 11 is 6.41. The zero-order chi connectivity index (χ0) is 11.0. The van der Waals surface area contributed by atoms with E-state index in [1.165, 1.54) is 10.6 Å². The lowest BCUT2D eigenvalue weighted by atomic mass is 9.91. The third-order valence-electron chi connectivity index (χ3n) is 2.00. The molecule has 0 atom stereocenters. The Labute approximate surface area is 96.8 Å². The first-order chi connectivity index (χ1) is 6.23. The third-order valence-corrected chi connectivity index (χ3v) is 3.55. The number of rotatable bonds is 1. The minimum absolute atomic E-state index is 0.111. The maximum absolute atomic E-state index is 4.62. The highest BCUT2D eigenvalue weighted by molar-refractivity contribution is 8.06. The van der Waals surface area contributed by atoms with Gasteiger partial charge in [-0.25, -0.2) is 0 Å². The predicted molar refractivity (Wildman–Crippen MR) is 69.4 cm³/mol. The van der Waals surface area contributed by atoms with Gasteiger partial charge in [-0.15, -0.1) is 0 Å². The van der Waals surface area contributed by atoms with Crippen LogP contribution in [-0.2, 0) is 0 Å². The van der Waals surface area contributed by atoms with Crippen LogP contribution in [0.2, 0.25) is 0 Å². The van der Waals surface area contributed by atoms with E-state index >= 15 is 0 Å². The van der Waals surface area contributed by atoms with E-state index in [0.717, 1.165) is 0 Å². The summed E-state index contributed by atoms with van der Waals surface area (Å²) in [6, 6.07) is 0. The SMILES string of the molecule is CC(C)(C)C1=C(C(C)(C)S)NC=CS1. The van der Waals surface area contributed by atoms with E-state index in [-0.39, 0.29) is 10.2 Å². The number of hydrogen-bond donors (Lipinski definition) is 2. The van der Waals surface area contributed by atoms with Crippen molar-refractivity contribution in [2.24, 2.45) is 5.41 Å². The first-order valence-corrected chi connectivity index (χ1v) is 6.11. The Kier molecular flexibility index (Phi) is 3.32. The lowest BCUT2D eigenvalue weighted by molar-refractivity contribution is 0.517. The van der Waals surface area contributed by atoms with Crippen molar-refractivity contribution in [2.45, 2.75) is 39.4 Å². The Hall–Kier alpha value is -0.0200. The van der Waals surface area contributed by atoms with Gasteiger partial charge in [0.15, 0.2) is 0 Å². The first-order valence-electron chi connectivity index (χ1n) is 4.79. The number of nitrogens with one attached hydrogen (secondary N) is 1. The zero-order valence-corrected chi connectivity index (χ0v) is 11.2. The van der Waals surface area contributed by atoms with Crippen molar-refractivity contribution in [2.75, 3.05) is 0 Å². The summed E-state index contributed by atoms with van der Waals surface area (Å²) in [5.74, 6) is 0. The summed E-state index contributed by atoms with van der Waals surface area (Å²) in [5, 5.41) is 5.40. The van der Waals surface area contributed by atoms with Gasteiger partial charge in [-0.05, 0) is 24.7 Å². The summed E-state index contributed by atoms with van der Waals surface area (Å²) < 4.78 is -0.111. The second-order valence-electron chi connectivity index (χ2n) is 5.08. The Morgan fingerprint density at radius 2 is 1.79 bits per heavy atom. The van der Waals surface area contributed by atoms with Crippen LogP contribution in [0.5, 0.6) is 0 Å². The van der Waals surface area contributed by atoms with E-state index in [1.807, 2.05) is 6.20 Å². The molecule has 0 bridgehead atoms. The van der Waals surface area contributed by atoms with Crippen LogP contribution in [0.4, 0.5) is 0 Å². The van der Waals surface area contributed by atoms with E-state index < -0.39 is 0 Å². The quantitative estimate of drug-likeness (QED) is 0.664. The molecule has 1 N–H and O–H groups in total. The van der Waals surface area contributed by atoms with Crippen LogP contribution in [-0.4, -0.2) is 4.75 Å². The fraction of sp³-hybridized carbons (Fsp3) is 0.636. The highest BCUT2D eigenvalue weighted by atomic mass is 32.2. The topological polar surface area (TPSA) is 12.0 Å². The molecule has 0 aromatic heterocycles. The second-order valence-corrected chi connectivity index (χ2v) is 7.11. The van der Waals surface area contributed by atoms with E-state index in [9.17, 15) is 0 Å². The van der Waals surface area contributed by atoms with Crippen molar-refractivity contribution >= 4 is 24.4 Å². The molecule has 0 fully saturated rings. The molecular weight excluding hydrogens is 210 g/mol. The van der Waals surface area contributed by atoms with Gasteiger partial charge in [-0.1, -0.05) is 32.5 Å². The van der Waals surface area contributed by atoms with Crippen LogP contribution in [0.25, 0.3) is 0 Å². The standard InChI is InChI=1S/C11H19NS2/c1-10(2,3)9-8(11(4,5)13)12-6-7-14-9/h6-7,12-13H,1-5H3. The maximum Gasteiger partial charge on any atom is 0.0480 e. The van der Waals surface area contributed by atoms with Gasteiger partial charge in [0.05, 0.1) is 0 Å². The average Bonchev–Trinajstić information content (AvgIpc) is 2.01. The molecular formula is C11H19NS2. The van der Waals surface area contributed by atoms with Crippen LogP contribution in [0.1, 0.15) is 34.6 Å². The average molecular weight is 229 g/mol. The molecule has 0 spiro atoms. The molecule has 0 aromatic rings. The van der Waals surface area contributed by atoms with Crippen LogP contribution in [0, 0.1) is 5.41 Å². The monoisotopic (exact) mass is 229 g/mol. The molecule has 14 heavy (non-hydrogen) atoms. The molecule has 0 saturated carbocycles. The number of thioether (sulfide) groups is 1. The maximum atomic E-state index is 4.62. The van der Waals surface area contributed by atoms with Gasteiger partial charge < -0.3 is 5.32 Å². The van der Waals surface area contributed by atoms with Crippen molar-refractivity contribution in [3.8, 4) is 0 Å². The molecule has 1 aliphatic heterocycles. The van der Waals surface area contributed by atoms with Crippen molar-refractivity contribution in [3.63, 3.8) is 0 Å². The van der Waals surface area contributed by atoms with Crippen LogP contribution >= 0.6 is 24.4 Å². The van der Waals surface area contributed by atoms with Gasteiger partial charge in [-0.2, -0.15) is 12.6 Å². The Morgan fingerprint density at radius 3 is 2.14 bits per heavy atom. The normalized spacial score (nSPS) is 18.4. The van der Waals surface area contributed by atoms with E-state index in [4.69, 9.17) is 0 Å². The largest absolute Gasteiger partial charge is 0.363 e. The highest BCUT2D eigenvalue weighted by Gasteiger charge is 2.29. The van der Waals surface area contributed by atoms with E-state index in [1.54, 1.807) is 11.8 Å². The van der Waals surface area contributed by atoms with Gasteiger partial charge in [0, 0.05) is 21.5 Å². The lowest BCUT2D eigenvalue weighted by Crippen LogP contribution is -2.30. The summed E-state index contributed by atoms with van der Waals surface area (Å²) in [7, 11) is 0. The summed E-state index contributed by atoms with van der Waals surface area (Å²) in [6.07, 6.45) is 1.98. The molecule has 1 heterocycles. The van der Waals surface area contributed by atoms with Crippen LogP contribution in [0.15, 0.2) is 22.2 Å². The van der Waals surface area contributed by atoms with Gasteiger partial charge in [0.25, 0.3) is 0 Å². The summed E-state index contributed by atoms with van der Waals surface area (Å²) in [4.78, 5) is 1.38. The minimum atomic E-state index is -0.111. The molecule has 0 unspecified atom stereocenters. The smallest absolute Gasteiger partial charge is 0.0480 e. The van der Waals surface area contributed by atoms with Crippen molar-refractivity contribution in [1.82, 2.24) is 5.32 Å². The lowest BCUT2D eigenvalue weighted by Gasteiger charge is -2.33. The number of hydrogen-bond acceptors (Lipinski definition) is 3. The zero-order valence-electron chi connectivity index (χ0n) is 9.51. The van der Waals surface area contributed by atoms with Gasteiger partial charge in [0.2, 0.25) is 0 Å². The predicted octanol–water partition coefficient (Wildman–Crippen LogP) is 3.76. The Balaban J connectivity index is 3.12. The van der Waals surface area contributed by atoms with Gasteiger partial charge in [-0.3, -0.25) is 0 Å². The molecule has 0 amide bonds. The Morgan fingerprint density at radius 1 is 1.21 bits per heavy atom. The summed E-state index contributed by atoms with van der Waals surface area (Å²) in [6.45, 7) is 10.9. The molecule has 0 aromatic carbocycles. The molecule has 1 rings (SSSR count). The van der Waals surface area contributed by atoms with Crippen molar-refractivity contribution < 1.29 is 0 Å². The van der Waals surface area contributed by atoms with Crippen LogP contribution in [0.3, 0.4) is 0 Å². The molecule has 80 valence electrons.